The normalized spacial score (nSPS) is 28.2. The molecule has 0 aromatic rings. The van der Waals surface area contributed by atoms with Crippen LogP contribution in [0.25, 0.3) is 0 Å². The van der Waals surface area contributed by atoms with Gasteiger partial charge in [0, 0.05) is 12.6 Å². The lowest BCUT2D eigenvalue weighted by molar-refractivity contribution is -0.327. The highest BCUT2D eigenvalue weighted by atomic mass is 19.3. The molecule has 3 N–H and O–H groups in total. The number of rotatable bonds is 7. The van der Waals surface area contributed by atoms with Crippen LogP contribution in [0.2, 0.25) is 0 Å². The zero-order valence-electron chi connectivity index (χ0n) is 15.2. The van der Waals surface area contributed by atoms with E-state index in [9.17, 15) is 23.2 Å². The minimum absolute atomic E-state index is 0.00317. The summed E-state index contributed by atoms with van der Waals surface area (Å²) in [6, 6.07) is -2.46. The molecule has 0 aromatic heterocycles. The number of halogens is 2. The number of carbonyl (C=O) groups is 3. The second kappa shape index (κ2) is 8.53. The van der Waals surface area contributed by atoms with E-state index in [1.165, 1.54) is 0 Å². The van der Waals surface area contributed by atoms with Crippen molar-refractivity contribution < 1.29 is 37.9 Å². The van der Waals surface area contributed by atoms with Crippen molar-refractivity contribution in [2.75, 3.05) is 19.7 Å². The van der Waals surface area contributed by atoms with Crippen molar-refractivity contribution in [2.24, 2.45) is 0 Å². The summed E-state index contributed by atoms with van der Waals surface area (Å²) in [7, 11) is 0. The number of urea groups is 1. The van der Waals surface area contributed by atoms with E-state index in [2.05, 4.69) is 15.6 Å². The van der Waals surface area contributed by atoms with Crippen molar-refractivity contribution in [3.63, 3.8) is 0 Å². The average molecular weight is 406 g/mol. The molecule has 3 saturated heterocycles. The van der Waals surface area contributed by atoms with Gasteiger partial charge in [-0.2, -0.15) is 18.7 Å². The quantitative estimate of drug-likeness (QED) is 0.525. The molecule has 3 fully saturated rings. The van der Waals surface area contributed by atoms with Gasteiger partial charge >= 0.3 is 18.1 Å². The molecule has 1 unspecified atom stereocenters. The Bertz CT molecular complexity index is 614. The Kier molecular flexibility index (Phi) is 6.30. The summed E-state index contributed by atoms with van der Waals surface area (Å²) in [5.74, 6) is -3.04. The molecule has 0 radical (unpaired) electrons. The Morgan fingerprint density at radius 1 is 1.25 bits per heavy atom. The zero-order chi connectivity index (χ0) is 20.3. The molecular weight excluding hydrogens is 382 g/mol. The summed E-state index contributed by atoms with van der Waals surface area (Å²) < 4.78 is 26.6. The highest BCUT2D eigenvalue weighted by Crippen LogP contribution is 2.33. The molecular formula is C16H24F2N4O6. The number of alkyl halides is 2. The zero-order valence-corrected chi connectivity index (χ0v) is 15.2. The first-order chi connectivity index (χ1) is 13.3. The first-order valence-corrected chi connectivity index (χ1v) is 9.35. The van der Waals surface area contributed by atoms with Crippen molar-refractivity contribution >= 4 is 17.9 Å². The van der Waals surface area contributed by atoms with E-state index in [1.54, 1.807) is 0 Å². The standard InChI is InChI=1S/C16H24F2N4O6/c17-16(18,14(24)25)28-22-11-5-6-12(21(8-11)15(22)26)13(23)20-27-9-10-4-2-1-3-7-19-10/h10-12,19H,1-9H2,(H,20,23)(H,24,25)/t10-,11?,12-/m0/s1. The van der Waals surface area contributed by atoms with Crippen LogP contribution in [0.3, 0.4) is 0 Å². The molecule has 3 heterocycles. The molecule has 0 aliphatic carbocycles. The topological polar surface area (TPSA) is 120 Å². The number of hydroxylamine groups is 3. The van der Waals surface area contributed by atoms with Gasteiger partial charge in [0.15, 0.2) is 0 Å². The van der Waals surface area contributed by atoms with Crippen LogP contribution in [0.4, 0.5) is 13.6 Å². The lowest BCUT2D eigenvalue weighted by Crippen LogP contribution is -2.50. The number of carbonyl (C=O) groups excluding carboxylic acids is 2. The minimum Gasteiger partial charge on any atom is -0.475 e. The number of amides is 3. The summed E-state index contributed by atoms with van der Waals surface area (Å²) in [6.45, 7) is 1.18. The number of aliphatic carboxylic acids is 1. The third kappa shape index (κ3) is 4.50. The van der Waals surface area contributed by atoms with Crippen LogP contribution in [0.15, 0.2) is 0 Å². The number of hydrogen-bond donors (Lipinski definition) is 3. The van der Waals surface area contributed by atoms with E-state index in [1.807, 2.05) is 0 Å². The number of hydrogen-bond acceptors (Lipinski definition) is 6. The summed E-state index contributed by atoms with van der Waals surface area (Å²) in [5.41, 5.74) is 2.33. The molecule has 3 amide bonds. The summed E-state index contributed by atoms with van der Waals surface area (Å²) in [5, 5.41) is 12.2. The maximum atomic E-state index is 13.3. The SMILES string of the molecule is O=C(NOC[C@@H]1CCCCCN1)[C@@H]1CCC2CN1C(=O)N2OC(F)(F)C(=O)O. The van der Waals surface area contributed by atoms with Crippen molar-refractivity contribution in [2.45, 2.75) is 62.8 Å². The summed E-state index contributed by atoms with van der Waals surface area (Å²) in [6.07, 6.45) is 0.193. The van der Waals surface area contributed by atoms with Crippen molar-refractivity contribution in [3.05, 3.63) is 0 Å². The summed E-state index contributed by atoms with van der Waals surface area (Å²) in [4.78, 5) is 45.8. The fraction of sp³-hybridized carbons (Fsp3) is 0.812. The highest BCUT2D eigenvalue weighted by molar-refractivity contribution is 5.88. The molecule has 3 atom stereocenters. The Balaban J connectivity index is 1.51. The van der Waals surface area contributed by atoms with Gasteiger partial charge in [-0.3, -0.25) is 9.63 Å². The first-order valence-electron chi connectivity index (χ1n) is 9.35. The number of nitrogens with zero attached hydrogens (tertiary/aromatic N) is 2. The molecule has 12 heteroatoms. The summed E-state index contributed by atoms with van der Waals surface area (Å²) >= 11 is 0. The first kappa shape index (κ1) is 20.7. The molecule has 10 nitrogen and oxygen atoms in total. The van der Waals surface area contributed by atoms with Crippen LogP contribution in [-0.2, 0) is 19.3 Å². The molecule has 0 spiro atoms. The lowest BCUT2D eigenvalue weighted by atomic mass is 10.0. The van der Waals surface area contributed by atoms with Crippen LogP contribution in [-0.4, -0.2) is 76.9 Å². The van der Waals surface area contributed by atoms with Gasteiger partial charge in [0.1, 0.15) is 6.04 Å². The number of carboxylic acid groups (broad SMARTS) is 1. The van der Waals surface area contributed by atoms with Crippen LogP contribution in [0.1, 0.15) is 38.5 Å². The van der Waals surface area contributed by atoms with Crippen LogP contribution >= 0.6 is 0 Å². The van der Waals surface area contributed by atoms with Gasteiger partial charge in [-0.15, -0.1) is 0 Å². The van der Waals surface area contributed by atoms with Gasteiger partial charge in [-0.25, -0.2) is 15.1 Å². The molecule has 3 aliphatic rings. The minimum atomic E-state index is -4.53. The highest BCUT2D eigenvalue weighted by Gasteiger charge is 2.53. The maximum absolute atomic E-state index is 13.3. The van der Waals surface area contributed by atoms with Gasteiger partial charge < -0.3 is 15.3 Å². The Morgan fingerprint density at radius 2 is 2.04 bits per heavy atom. The molecule has 28 heavy (non-hydrogen) atoms. The van der Waals surface area contributed by atoms with E-state index in [-0.39, 0.29) is 32.0 Å². The van der Waals surface area contributed by atoms with E-state index < -0.39 is 36.1 Å². The predicted octanol–water partition coefficient (Wildman–Crippen LogP) is 0.444. The number of fused-ring (bicyclic) bond motifs is 2. The van der Waals surface area contributed by atoms with Crippen LogP contribution < -0.4 is 10.8 Å². The second-order valence-corrected chi connectivity index (χ2v) is 7.20. The largest absolute Gasteiger partial charge is 0.476 e. The van der Waals surface area contributed by atoms with Crippen LogP contribution in [0.5, 0.6) is 0 Å². The van der Waals surface area contributed by atoms with Crippen molar-refractivity contribution in [3.8, 4) is 0 Å². The second-order valence-electron chi connectivity index (χ2n) is 7.20. The maximum Gasteiger partial charge on any atom is 0.476 e. The van der Waals surface area contributed by atoms with Crippen molar-refractivity contribution in [1.82, 2.24) is 20.8 Å². The van der Waals surface area contributed by atoms with E-state index in [0.717, 1.165) is 37.1 Å². The fourth-order valence-electron chi connectivity index (χ4n) is 3.71. The monoisotopic (exact) mass is 406 g/mol. The lowest BCUT2D eigenvalue weighted by Gasteiger charge is -2.29. The Hall–Kier alpha value is -2.05. The number of nitrogens with one attached hydrogen (secondary N) is 2. The third-order valence-corrected chi connectivity index (χ3v) is 5.21. The van der Waals surface area contributed by atoms with E-state index in [0.29, 0.717) is 5.06 Å². The number of piperidine rings is 1. The number of carboxylic acids is 1. The van der Waals surface area contributed by atoms with E-state index in [4.69, 9.17) is 9.94 Å². The molecule has 2 bridgehead atoms. The molecule has 3 rings (SSSR count). The molecule has 3 aliphatic heterocycles. The van der Waals surface area contributed by atoms with Crippen LogP contribution in [0, 0.1) is 0 Å². The Morgan fingerprint density at radius 3 is 2.79 bits per heavy atom. The van der Waals surface area contributed by atoms with Gasteiger partial charge in [0.25, 0.3) is 5.91 Å². The average Bonchev–Trinajstić information content (AvgIpc) is 2.85. The molecule has 0 aromatic carbocycles. The van der Waals surface area contributed by atoms with Crippen molar-refractivity contribution in [1.29, 1.82) is 0 Å². The smallest absolute Gasteiger partial charge is 0.475 e. The molecule has 158 valence electrons. The Labute approximate surface area is 160 Å². The fourth-order valence-corrected chi connectivity index (χ4v) is 3.71. The van der Waals surface area contributed by atoms with Gasteiger partial charge in [0.2, 0.25) is 0 Å². The van der Waals surface area contributed by atoms with Gasteiger partial charge in [-0.05, 0) is 32.2 Å². The van der Waals surface area contributed by atoms with Gasteiger partial charge in [0.05, 0.1) is 12.6 Å². The third-order valence-electron chi connectivity index (χ3n) is 5.21. The van der Waals surface area contributed by atoms with Gasteiger partial charge in [-0.1, -0.05) is 12.8 Å². The molecule has 0 saturated carbocycles. The van der Waals surface area contributed by atoms with E-state index >= 15 is 0 Å². The predicted molar refractivity (Wildman–Crippen MR) is 88.8 cm³/mol.